The van der Waals surface area contributed by atoms with Crippen LogP contribution in [0.15, 0.2) is 86.0 Å². The third kappa shape index (κ3) is 7.67. The summed E-state index contributed by atoms with van der Waals surface area (Å²) < 4.78 is 67.1. The van der Waals surface area contributed by atoms with Gasteiger partial charge in [0.1, 0.15) is 48.3 Å². The number of hydrogen-bond acceptors (Lipinski definition) is 18. The predicted octanol–water partition coefficient (Wildman–Crippen LogP) is 4.21. The minimum absolute atomic E-state index is 0.141. The summed E-state index contributed by atoms with van der Waals surface area (Å²) in [7, 11) is 1.40. The molecule has 63 heavy (non-hydrogen) atoms. The van der Waals surface area contributed by atoms with Gasteiger partial charge in [0.2, 0.25) is 0 Å². The summed E-state index contributed by atoms with van der Waals surface area (Å²) in [4.78, 5) is 63.9. The van der Waals surface area contributed by atoms with Crippen molar-refractivity contribution < 1.29 is 56.1 Å². The van der Waals surface area contributed by atoms with Gasteiger partial charge in [0, 0.05) is 18.2 Å². The zero-order valence-electron chi connectivity index (χ0n) is 32.9. The van der Waals surface area contributed by atoms with Crippen molar-refractivity contribution >= 4 is 83.3 Å². The molecule has 4 aromatic heterocycles. The SMILES string of the molecule is CO[C@H]1[C@H](n2cnc3c(NC(=O)c4ccccc4)ncnc32)O[C@]2(C)COP(O)(=S)O[C@H]3[C@H]4OC[C@]3(COP(=O)(S)O[C@@H]12)OC4n1cnc2c(NC(=O)c3ccccc3)ncnc21. The van der Waals surface area contributed by atoms with Crippen LogP contribution in [0.2, 0.25) is 0 Å². The lowest BCUT2D eigenvalue weighted by Crippen LogP contribution is -2.48. The standard InChI is InChI=1S/C37H36N10O12P2S2/c1-36-13-54-60(50,62)59-27-25-35(47-19-43-23-29(39-17-41-31(23)47)45-33(49)21-11-7-4-8-12-21)57-37(27,14-53-25)15-55-61(51,63)58-26(36)24(52-2)34(56-36)46-18-42-22-28(38-16-40-30(22)46)44-32(48)20-9-5-3-6-10-20/h3-12,16-19,24-27,34-35H,13-15H2,1-2H3,(H,50,62)(H,51,63)(H,38,40,44,48)(H,39,41,45,49)/t24-,25-,26+,27+,34-,35?,36-,37-,60?,61?/m1/s1. The number of carbonyl (C=O) groups is 2. The van der Waals surface area contributed by atoms with E-state index in [4.69, 9.17) is 48.8 Å². The fourth-order valence-corrected chi connectivity index (χ4v) is 11.1. The van der Waals surface area contributed by atoms with Crippen molar-refractivity contribution in [1.82, 2.24) is 39.0 Å². The molecule has 26 heteroatoms. The van der Waals surface area contributed by atoms with Gasteiger partial charge in [0.05, 0.1) is 32.5 Å². The Morgan fingerprint density at radius 2 is 1.37 bits per heavy atom. The van der Waals surface area contributed by atoms with Crippen molar-refractivity contribution in [2.24, 2.45) is 0 Å². The highest BCUT2D eigenvalue weighted by molar-refractivity contribution is 8.44. The van der Waals surface area contributed by atoms with Gasteiger partial charge in [-0.15, -0.1) is 0 Å². The maximum absolute atomic E-state index is 14.3. The van der Waals surface area contributed by atoms with E-state index in [9.17, 15) is 19.0 Å². The molecule has 2 bridgehead atoms. The van der Waals surface area contributed by atoms with Gasteiger partial charge >= 0.3 is 13.5 Å². The summed E-state index contributed by atoms with van der Waals surface area (Å²) in [5.41, 5.74) is -1.27. The van der Waals surface area contributed by atoms with Crippen molar-refractivity contribution in [3.63, 3.8) is 0 Å². The van der Waals surface area contributed by atoms with E-state index < -0.39 is 86.6 Å². The van der Waals surface area contributed by atoms with Crippen LogP contribution in [0, 0.1) is 0 Å². The number of methoxy groups -OCH3 is 1. The van der Waals surface area contributed by atoms with Gasteiger partial charge in [-0.3, -0.25) is 32.3 Å². The fourth-order valence-electron chi connectivity index (χ4n) is 8.07. The number of nitrogens with zero attached hydrogens (tertiary/aromatic N) is 8. The number of benzene rings is 2. The van der Waals surface area contributed by atoms with Gasteiger partial charge in [0.25, 0.3) is 11.8 Å². The highest BCUT2D eigenvalue weighted by atomic mass is 32.7. The molecule has 8 heterocycles. The third-order valence-corrected chi connectivity index (χ3v) is 14.2. The molecule has 328 valence electrons. The number of imidazole rings is 2. The number of aromatic nitrogens is 8. The zero-order valence-corrected chi connectivity index (χ0v) is 36.4. The van der Waals surface area contributed by atoms with E-state index in [1.54, 1.807) is 72.2 Å². The Hall–Kier alpha value is -4.65. The summed E-state index contributed by atoms with van der Waals surface area (Å²) in [6.45, 7) is -8.05. The van der Waals surface area contributed by atoms with Crippen LogP contribution >= 0.6 is 25.8 Å². The Bertz CT molecular complexity index is 2850. The Morgan fingerprint density at radius 3 is 1.94 bits per heavy atom. The molecule has 4 saturated heterocycles. The molecule has 4 fully saturated rings. The van der Waals surface area contributed by atoms with Crippen molar-refractivity contribution in [2.45, 2.75) is 55.0 Å². The number of ether oxygens (including phenoxy) is 4. The molecule has 4 aliphatic heterocycles. The molecule has 10 rings (SSSR count). The summed E-state index contributed by atoms with van der Waals surface area (Å²) in [6.07, 6.45) is -1.14. The summed E-state index contributed by atoms with van der Waals surface area (Å²) in [5, 5.41) is 5.54. The molecule has 0 aliphatic carbocycles. The molecule has 3 N–H and O–H groups in total. The first-order chi connectivity index (χ1) is 30.3. The molecule has 6 aromatic rings. The normalized spacial score (nSPS) is 33.0. The Labute approximate surface area is 366 Å². The topological polar surface area (TPSA) is 257 Å². The van der Waals surface area contributed by atoms with Crippen LogP contribution in [0.4, 0.5) is 11.6 Å². The molecular weight excluding hydrogens is 903 g/mol. The van der Waals surface area contributed by atoms with Crippen molar-refractivity contribution in [3.05, 3.63) is 97.1 Å². The molecule has 2 amide bonds. The van der Waals surface area contributed by atoms with Crippen molar-refractivity contribution in [2.75, 3.05) is 37.6 Å². The third-order valence-electron chi connectivity index (χ3n) is 11.1. The van der Waals surface area contributed by atoms with E-state index >= 15 is 0 Å². The van der Waals surface area contributed by atoms with Crippen molar-refractivity contribution in [1.29, 1.82) is 0 Å². The lowest BCUT2D eigenvalue weighted by molar-refractivity contribution is -0.183. The number of carbonyl (C=O) groups excluding carboxylic acids is 2. The quantitative estimate of drug-likeness (QED) is 0.129. The number of rotatable bonds is 7. The maximum Gasteiger partial charge on any atom is 0.386 e. The van der Waals surface area contributed by atoms with Gasteiger partial charge in [-0.25, -0.2) is 34.5 Å². The second-order valence-corrected chi connectivity index (χ2v) is 20.8. The van der Waals surface area contributed by atoms with Gasteiger partial charge in [-0.2, -0.15) is 0 Å². The molecule has 2 aromatic carbocycles. The number of hydrogen-bond donors (Lipinski definition) is 4. The van der Waals surface area contributed by atoms with Gasteiger partial charge in [-0.05, 0) is 43.0 Å². The van der Waals surface area contributed by atoms with Gasteiger partial charge in [0.15, 0.2) is 46.4 Å². The van der Waals surface area contributed by atoms with Crippen LogP contribution in [-0.4, -0.2) is 118 Å². The van der Waals surface area contributed by atoms with E-state index in [1.807, 2.05) is 0 Å². The van der Waals surface area contributed by atoms with E-state index in [1.165, 1.54) is 37.0 Å². The number of amides is 2. The molecule has 10 atom stereocenters. The molecule has 22 nitrogen and oxygen atoms in total. The molecule has 0 radical (unpaired) electrons. The summed E-state index contributed by atoms with van der Waals surface area (Å²) >= 11 is 9.97. The van der Waals surface area contributed by atoms with E-state index in [-0.39, 0.29) is 40.6 Å². The molecule has 0 saturated carbocycles. The lowest BCUT2D eigenvalue weighted by atomic mass is 9.98. The summed E-state index contributed by atoms with van der Waals surface area (Å²) in [5.74, 6) is -0.521. The average Bonchev–Trinajstić information content (AvgIpc) is 4.10. The molecular formula is C37H36N10O12P2S2. The fraction of sp³-hybridized carbons (Fsp3) is 0.351. The van der Waals surface area contributed by atoms with E-state index in [2.05, 4.69) is 52.8 Å². The maximum atomic E-state index is 14.3. The van der Waals surface area contributed by atoms with Crippen LogP contribution in [0.25, 0.3) is 22.3 Å². The number of anilines is 2. The molecule has 0 spiro atoms. The average molecular weight is 939 g/mol. The monoisotopic (exact) mass is 938 g/mol. The van der Waals surface area contributed by atoms with Crippen LogP contribution in [0.3, 0.4) is 0 Å². The van der Waals surface area contributed by atoms with Gasteiger partial charge < -0.3 is 39.0 Å². The summed E-state index contributed by atoms with van der Waals surface area (Å²) in [6, 6.07) is 17.2. The predicted molar refractivity (Wildman–Crippen MR) is 226 cm³/mol. The zero-order chi connectivity index (χ0) is 43.7. The van der Waals surface area contributed by atoms with Crippen LogP contribution in [0.5, 0.6) is 0 Å². The lowest BCUT2D eigenvalue weighted by Gasteiger charge is -2.36. The van der Waals surface area contributed by atoms with Crippen LogP contribution in [-0.2, 0) is 53.4 Å². The molecule has 4 aliphatic rings. The van der Waals surface area contributed by atoms with Gasteiger partial charge in [-0.1, -0.05) is 48.6 Å². The molecule has 3 unspecified atom stereocenters. The van der Waals surface area contributed by atoms with E-state index in [0.29, 0.717) is 11.1 Å². The first kappa shape index (κ1) is 42.3. The smallest absolute Gasteiger partial charge is 0.374 e. The largest absolute Gasteiger partial charge is 0.386 e. The Kier molecular flexibility index (Phi) is 10.8. The minimum Gasteiger partial charge on any atom is -0.374 e. The highest BCUT2D eigenvalue weighted by Gasteiger charge is 2.66. The number of fused-ring (bicyclic) bond motifs is 3. The Morgan fingerprint density at radius 1 is 0.794 bits per heavy atom. The second kappa shape index (κ2) is 16.1. The second-order valence-electron chi connectivity index (χ2n) is 15.1. The first-order valence-corrected chi connectivity index (χ1v) is 24.5. The first-order valence-electron chi connectivity index (χ1n) is 19.2. The minimum atomic E-state index is -4.36. The van der Waals surface area contributed by atoms with Crippen molar-refractivity contribution in [3.8, 4) is 0 Å². The van der Waals surface area contributed by atoms with Crippen LogP contribution < -0.4 is 10.6 Å². The Balaban J connectivity index is 0.921. The number of nitrogens with one attached hydrogen (secondary N) is 2. The highest BCUT2D eigenvalue weighted by Crippen LogP contribution is 2.62. The number of thiol groups is 1. The van der Waals surface area contributed by atoms with Crippen LogP contribution in [0.1, 0.15) is 40.1 Å². The van der Waals surface area contributed by atoms with E-state index in [0.717, 1.165) is 0 Å².